The van der Waals surface area contributed by atoms with E-state index in [0.717, 1.165) is 30.7 Å². The van der Waals surface area contributed by atoms with Crippen molar-refractivity contribution in [1.82, 2.24) is 4.98 Å². The summed E-state index contributed by atoms with van der Waals surface area (Å²) in [7, 11) is 0. The Hall–Kier alpha value is -0.930. The van der Waals surface area contributed by atoms with Gasteiger partial charge in [-0.2, -0.15) is 0 Å². The molecule has 2 rings (SSSR count). The highest BCUT2D eigenvalue weighted by molar-refractivity contribution is 5.14. The van der Waals surface area contributed by atoms with Gasteiger partial charge in [0.1, 0.15) is 0 Å². The summed E-state index contributed by atoms with van der Waals surface area (Å²) in [6.07, 6.45) is 9.80. The van der Waals surface area contributed by atoms with Gasteiger partial charge in [0.15, 0.2) is 0 Å². The topological polar surface area (TPSA) is 48.1 Å². The van der Waals surface area contributed by atoms with Crippen LogP contribution >= 0.6 is 0 Å². The predicted octanol–water partition coefficient (Wildman–Crippen LogP) is 3.46. The molecular formula is C16H26N2O. The summed E-state index contributed by atoms with van der Waals surface area (Å²) in [5.74, 6) is 0.844. The maximum Gasteiger partial charge on any atom is 0.0994 e. The Morgan fingerprint density at radius 1 is 1.37 bits per heavy atom. The number of ether oxygens (including phenoxy) is 1. The fraction of sp³-hybridized carbons (Fsp3) is 0.688. The number of pyridine rings is 1. The molecule has 2 N–H and O–H groups in total. The molecule has 106 valence electrons. The van der Waals surface area contributed by atoms with Crippen molar-refractivity contribution in [2.75, 3.05) is 0 Å². The summed E-state index contributed by atoms with van der Waals surface area (Å²) in [6.45, 7) is 4.44. The van der Waals surface area contributed by atoms with Crippen LogP contribution in [0.2, 0.25) is 0 Å². The van der Waals surface area contributed by atoms with Crippen LogP contribution in [0.1, 0.15) is 57.6 Å². The van der Waals surface area contributed by atoms with Gasteiger partial charge < -0.3 is 10.5 Å². The van der Waals surface area contributed by atoms with E-state index in [2.05, 4.69) is 24.9 Å². The predicted molar refractivity (Wildman–Crippen MR) is 77.7 cm³/mol. The van der Waals surface area contributed by atoms with E-state index in [4.69, 9.17) is 10.5 Å². The zero-order chi connectivity index (χ0) is 13.7. The quantitative estimate of drug-likeness (QED) is 0.884. The number of rotatable bonds is 5. The molecule has 2 atom stereocenters. The first-order chi connectivity index (χ1) is 9.20. The molecule has 0 radical (unpaired) electrons. The van der Waals surface area contributed by atoms with Crippen LogP contribution in [0, 0.1) is 5.92 Å². The number of aromatic nitrogens is 1. The summed E-state index contributed by atoms with van der Waals surface area (Å²) in [6, 6.07) is 4.07. The maximum absolute atomic E-state index is 6.31. The number of nitrogens with zero attached hydrogens (tertiary/aromatic N) is 1. The van der Waals surface area contributed by atoms with E-state index in [-0.39, 0.29) is 12.1 Å². The number of hydrogen-bond donors (Lipinski definition) is 1. The van der Waals surface area contributed by atoms with Crippen LogP contribution in [-0.4, -0.2) is 17.1 Å². The first kappa shape index (κ1) is 14.5. The van der Waals surface area contributed by atoms with Crippen LogP contribution in [0.4, 0.5) is 0 Å². The molecule has 3 nitrogen and oxygen atoms in total. The van der Waals surface area contributed by atoms with Gasteiger partial charge in [-0.3, -0.25) is 4.98 Å². The van der Waals surface area contributed by atoms with Crippen molar-refractivity contribution in [3.8, 4) is 0 Å². The lowest BCUT2D eigenvalue weighted by molar-refractivity contribution is -0.0489. The molecule has 1 aliphatic rings. The second-order valence-corrected chi connectivity index (χ2v) is 5.80. The Bertz CT molecular complexity index is 360. The zero-order valence-corrected chi connectivity index (χ0v) is 12.1. The van der Waals surface area contributed by atoms with Crippen LogP contribution in [0.5, 0.6) is 0 Å². The second-order valence-electron chi connectivity index (χ2n) is 5.80. The smallest absolute Gasteiger partial charge is 0.0994 e. The average Bonchev–Trinajstić information content (AvgIpc) is 2.47. The van der Waals surface area contributed by atoms with Crippen LogP contribution in [-0.2, 0) is 4.74 Å². The van der Waals surface area contributed by atoms with E-state index >= 15 is 0 Å². The summed E-state index contributed by atoms with van der Waals surface area (Å²) in [5.41, 5.74) is 7.35. The third-order valence-corrected chi connectivity index (χ3v) is 4.18. The van der Waals surface area contributed by atoms with Gasteiger partial charge in [0, 0.05) is 24.0 Å². The zero-order valence-electron chi connectivity index (χ0n) is 12.1. The van der Waals surface area contributed by atoms with Gasteiger partial charge in [-0.25, -0.2) is 0 Å². The van der Waals surface area contributed by atoms with E-state index in [1.807, 2.05) is 12.3 Å². The summed E-state index contributed by atoms with van der Waals surface area (Å²) in [4.78, 5) is 4.19. The normalized spacial score (nSPS) is 26.9. The Kier molecular flexibility index (Phi) is 5.34. The molecule has 0 aromatic carbocycles. The molecule has 0 spiro atoms. The Balaban J connectivity index is 2.02. The van der Waals surface area contributed by atoms with Gasteiger partial charge >= 0.3 is 0 Å². The molecular weight excluding hydrogens is 236 g/mol. The minimum absolute atomic E-state index is 0.0166. The Morgan fingerprint density at radius 3 is 2.68 bits per heavy atom. The molecule has 0 bridgehead atoms. The molecule has 1 fully saturated rings. The van der Waals surface area contributed by atoms with Gasteiger partial charge in [0.25, 0.3) is 0 Å². The summed E-state index contributed by atoms with van der Waals surface area (Å²) in [5, 5.41) is 0. The van der Waals surface area contributed by atoms with Crippen molar-refractivity contribution >= 4 is 0 Å². The third-order valence-electron chi connectivity index (χ3n) is 4.18. The highest BCUT2D eigenvalue weighted by atomic mass is 16.5. The van der Waals surface area contributed by atoms with E-state index in [1.165, 1.54) is 12.8 Å². The number of hydrogen-bond acceptors (Lipinski definition) is 3. The van der Waals surface area contributed by atoms with Crippen LogP contribution < -0.4 is 5.73 Å². The molecule has 2 unspecified atom stereocenters. The monoisotopic (exact) mass is 262 g/mol. The van der Waals surface area contributed by atoms with Gasteiger partial charge in [-0.1, -0.05) is 19.9 Å². The van der Waals surface area contributed by atoms with E-state index in [0.29, 0.717) is 6.10 Å². The molecule has 1 aliphatic carbocycles. The molecule has 19 heavy (non-hydrogen) atoms. The van der Waals surface area contributed by atoms with Gasteiger partial charge in [0.2, 0.25) is 0 Å². The molecule has 1 heterocycles. The highest BCUT2D eigenvalue weighted by Gasteiger charge is 2.26. The number of nitrogens with two attached hydrogens (primary N) is 1. The molecule has 0 saturated heterocycles. The van der Waals surface area contributed by atoms with Crippen molar-refractivity contribution in [3.05, 3.63) is 30.1 Å². The molecule has 1 aromatic rings. The van der Waals surface area contributed by atoms with Crippen molar-refractivity contribution in [1.29, 1.82) is 0 Å². The maximum atomic E-state index is 6.31. The average molecular weight is 262 g/mol. The van der Waals surface area contributed by atoms with E-state index in [9.17, 15) is 0 Å². The molecule has 1 saturated carbocycles. The van der Waals surface area contributed by atoms with Crippen molar-refractivity contribution in [2.24, 2.45) is 11.7 Å². The largest absolute Gasteiger partial charge is 0.369 e. The Morgan fingerprint density at radius 2 is 2.11 bits per heavy atom. The van der Waals surface area contributed by atoms with E-state index < -0.39 is 0 Å². The fourth-order valence-corrected chi connectivity index (χ4v) is 2.76. The van der Waals surface area contributed by atoms with Crippen LogP contribution in [0.3, 0.4) is 0 Å². The lowest BCUT2D eigenvalue weighted by Gasteiger charge is -2.32. The van der Waals surface area contributed by atoms with Crippen molar-refractivity contribution < 1.29 is 4.74 Å². The lowest BCUT2D eigenvalue weighted by Crippen LogP contribution is -2.33. The highest BCUT2D eigenvalue weighted by Crippen LogP contribution is 2.31. The molecule has 0 amide bonds. The van der Waals surface area contributed by atoms with Gasteiger partial charge in [-0.05, 0) is 44.1 Å². The van der Waals surface area contributed by atoms with Crippen LogP contribution in [0.15, 0.2) is 24.5 Å². The van der Waals surface area contributed by atoms with Gasteiger partial charge in [0.05, 0.1) is 12.2 Å². The van der Waals surface area contributed by atoms with Crippen molar-refractivity contribution in [3.63, 3.8) is 0 Å². The lowest BCUT2D eigenvalue weighted by atomic mass is 9.88. The van der Waals surface area contributed by atoms with E-state index in [1.54, 1.807) is 6.20 Å². The summed E-state index contributed by atoms with van der Waals surface area (Å²) >= 11 is 0. The third kappa shape index (κ3) is 4.02. The fourth-order valence-electron chi connectivity index (χ4n) is 2.76. The van der Waals surface area contributed by atoms with Crippen LogP contribution in [0.25, 0.3) is 0 Å². The second kappa shape index (κ2) is 7.01. The molecule has 3 heteroatoms. The minimum atomic E-state index is -0.0166. The molecule has 1 aromatic heterocycles. The SMILES string of the molecule is CCC(N)C(OC1CCC(C)CC1)c1cccnc1. The standard InChI is InChI=1S/C16H26N2O/c1-3-15(17)16(13-5-4-10-18-11-13)19-14-8-6-12(2)7-9-14/h4-5,10-12,14-16H,3,6-9,17H2,1-2H3. The Labute approximate surface area is 116 Å². The van der Waals surface area contributed by atoms with Gasteiger partial charge in [-0.15, -0.1) is 0 Å². The summed E-state index contributed by atoms with van der Waals surface area (Å²) < 4.78 is 6.31. The molecule has 0 aliphatic heterocycles. The first-order valence-corrected chi connectivity index (χ1v) is 7.51. The van der Waals surface area contributed by atoms with Crippen molar-refractivity contribution in [2.45, 2.75) is 64.2 Å². The first-order valence-electron chi connectivity index (χ1n) is 7.51. The minimum Gasteiger partial charge on any atom is -0.369 e.